The van der Waals surface area contributed by atoms with E-state index in [4.69, 9.17) is 0 Å². The van der Waals surface area contributed by atoms with E-state index in [0.717, 1.165) is 58.3 Å². The molecule has 0 N–H and O–H groups in total. The third-order valence-corrected chi connectivity index (χ3v) is 9.27. The van der Waals surface area contributed by atoms with Crippen molar-refractivity contribution in [1.29, 1.82) is 0 Å². The number of carbonyl (C=O) groups is 3. The van der Waals surface area contributed by atoms with Crippen molar-refractivity contribution in [2.24, 2.45) is 0 Å². The Morgan fingerprint density at radius 2 is 1.39 bits per heavy atom. The summed E-state index contributed by atoms with van der Waals surface area (Å²) < 4.78 is 1.15. The minimum atomic E-state index is 0.0867. The number of nitrogens with zero attached hydrogens (tertiary/aromatic N) is 1. The first-order valence-corrected chi connectivity index (χ1v) is 11.8. The smallest absolute Gasteiger partial charge is 0.264 e. The molecule has 2 aliphatic carbocycles. The zero-order chi connectivity index (χ0) is 21.0. The molecule has 0 fully saturated rings. The first-order chi connectivity index (χ1) is 15.0. The highest BCUT2D eigenvalue weighted by Crippen LogP contribution is 2.52. The van der Waals surface area contributed by atoms with Crippen molar-refractivity contribution in [3.63, 3.8) is 0 Å². The van der Waals surface area contributed by atoms with Gasteiger partial charge in [-0.3, -0.25) is 14.4 Å². The quantitative estimate of drug-likeness (QED) is 0.421. The number of hydrogen-bond donors (Lipinski definition) is 0. The summed E-state index contributed by atoms with van der Waals surface area (Å²) in [5.74, 6) is 0.501. The van der Waals surface area contributed by atoms with E-state index in [-0.39, 0.29) is 17.5 Å². The second-order valence-electron chi connectivity index (χ2n) is 8.48. The van der Waals surface area contributed by atoms with Gasteiger partial charge in [-0.1, -0.05) is 24.3 Å². The molecule has 1 aliphatic heterocycles. The van der Waals surface area contributed by atoms with Crippen LogP contribution in [0.1, 0.15) is 47.1 Å². The van der Waals surface area contributed by atoms with Crippen molar-refractivity contribution in [2.45, 2.75) is 19.4 Å². The molecule has 0 radical (unpaired) electrons. The van der Waals surface area contributed by atoms with Crippen molar-refractivity contribution in [3.8, 4) is 20.9 Å². The van der Waals surface area contributed by atoms with Crippen molar-refractivity contribution < 1.29 is 14.4 Å². The number of carbonyl (C=O) groups excluding carboxylic acids is 3. The SMILES string of the molecule is CN1Cc2c(sc3c(-c4ccc5c(c4)CC5=O)sc(-c4ccc5c(c4)CC5=O)c23)C1=O. The summed E-state index contributed by atoms with van der Waals surface area (Å²) in [5, 5.41) is 1.17. The Morgan fingerprint density at radius 1 is 0.774 bits per heavy atom. The van der Waals surface area contributed by atoms with E-state index in [1.165, 1.54) is 5.39 Å². The summed E-state index contributed by atoms with van der Waals surface area (Å²) in [5.41, 5.74) is 7.18. The van der Waals surface area contributed by atoms with Crippen LogP contribution in [-0.4, -0.2) is 29.4 Å². The van der Waals surface area contributed by atoms with Crippen LogP contribution >= 0.6 is 22.7 Å². The Morgan fingerprint density at radius 3 is 1.97 bits per heavy atom. The molecule has 3 heterocycles. The number of amides is 1. The monoisotopic (exact) mass is 441 g/mol. The molecule has 1 amide bonds. The van der Waals surface area contributed by atoms with E-state index in [1.807, 2.05) is 31.3 Å². The molecule has 7 rings (SSSR count). The van der Waals surface area contributed by atoms with Gasteiger partial charge >= 0.3 is 0 Å². The van der Waals surface area contributed by atoms with Crippen molar-refractivity contribution in [1.82, 2.24) is 4.90 Å². The zero-order valence-corrected chi connectivity index (χ0v) is 18.2. The normalized spacial score (nSPS) is 16.3. The third kappa shape index (κ3) is 2.21. The molecule has 6 heteroatoms. The van der Waals surface area contributed by atoms with Gasteiger partial charge in [0.2, 0.25) is 0 Å². The molecule has 0 saturated carbocycles. The lowest BCUT2D eigenvalue weighted by molar-refractivity contribution is 0.0819. The summed E-state index contributed by atoms with van der Waals surface area (Å²) in [7, 11) is 1.85. The van der Waals surface area contributed by atoms with E-state index in [9.17, 15) is 14.4 Å². The van der Waals surface area contributed by atoms with Crippen LogP contribution < -0.4 is 0 Å². The first kappa shape index (κ1) is 17.6. The van der Waals surface area contributed by atoms with Gasteiger partial charge in [-0.25, -0.2) is 0 Å². The average Bonchev–Trinajstić information content (AvgIpc) is 3.36. The second-order valence-corrected chi connectivity index (χ2v) is 10.5. The first-order valence-electron chi connectivity index (χ1n) is 10.2. The van der Waals surface area contributed by atoms with Gasteiger partial charge in [0.1, 0.15) is 0 Å². The third-order valence-electron chi connectivity index (χ3n) is 6.62. The molecule has 4 aromatic rings. The van der Waals surface area contributed by atoms with Crippen LogP contribution in [0.3, 0.4) is 0 Å². The highest BCUT2D eigenvalue weighted by molar-refractivity contribution is 7.29. The summed E-state index contributed by atoms with van der Waals surface area (Å²) >= 11 is 3.33. The number of thiophene rings is 2. The number of ketones is 2. The molecule has 2 aromatic carbocycles. The number of rotatable bonds is 2. The van der Waals surface area contributed by atoms with E-state index >= 15 is 0 Å². The van der Waals surface area contributed by atoms with Gasteiger partial charge in [-0.15, -0.1) is 22.7 Å². The molecule has 0 atom stereocenters. The second kappa shape index (κ2) is 5.78. The number of benzene rings is 2. The standard InChI is InChI=1S/C25H15NO3S2/c1-26-10-17-20-21(11-2-4-15-13(6-11)8-18(15)27)30-22(24(20)31-23(17)25(26)29)12-3-5-16-14(7-12)9-19(16)28/h2-7H,8-10H2,1H3. The summed E-state index contributed by atoms with van der Waals surface area (Å²) in [6.07, 6.45) is 1.01. The van der Waals surface area contributed by atoms with Gasteiger partial charge < -0.3 is 4.90 Å². The largest absolute Gasteiger partial charge is 0.337 e. The molecular formula is C25H15NO3S2. The van der Waals surface area contributed by atoms with E-state index in [1.54, 1.807) is 27.6 Å². The highest BCUT2D eigenvalue weighted by atomic mass is 32.1. The highest BCUT2D eigenvalue weighted by Gasteiger charge is 2.34. The van der Waals surface area contributed by atoms with Gasteiger partial charge in [0.25, 0.3) is 5.91 Å². The van der Waals surface area contributed by atoms with Crippen LogP contribution in [0.2, 0.25) is 0 Å². The number of Topliss-reactive ketones (excluding diaryl/α,β-unsaturated/α-hetero) is 2. The van der Waals surface area contributed by atoms with Gasteiger partial charge in [-0.2, -0.15) is 0 Å². The van der Waals surface area contributed by atoms with Crippen molar-refractivity contribution in [2.75, 3.05) is 7.05 Å². The minimum Gasteiger partial charge on any atom is -0.337 e. The Kier molecular flexibility index (Phi) is 3.28. The lowest BCUT2D eigenvalue weighted by Gasteiger charge is -2.18. The van der Waals surface area contributed by atoms with Crippen LogP contribution in [0.5, 0.6) is 0 Å². The maximum absolute atomic E-state index is 12.7. The fourth-order valence-corrected chi connectivity index (χ4v) is 7.70. The van der Waals surface area contributed by atoms with Crippen LogP contribution in [-0.2, 0) is 19.4 Å². The maximum Gasteiger partial charge on any atom is 0.264 e. The van der Waals surface area contributed by atoms with Gasteiger partial charge in [0.05, 0.1) is 14.5 Å². The summed E-state index contributed by atoms with van der Waals surface area (Å²) in [6.45, 7) is 0.624. The Balaban J connectivity index is 1.49. The average molecular weight is 442 g/mol. The van der Waals surface area contributed by atoms with Crippen molar-refractivity contribution in [3.05, 3.63) is 69.1 Å². The molecule has 4 nitrogen and oxygen atoms in total. The Bertz CT molecular complexity index is 1540. The van der Waals surface area contributed by atoms with Gasteiger partial charge in [0.15, 0.2) is 11.6 Å². The van der Waals surface area contributed by atoms with Gasteiger partial charge in [-0.05, 0) is 34.4 Å². The van der Waals surface area contributed by atoms with Crippen LogP contribution in [0, 0.1) is 0 Å². The zero-order valence-electron chi connectivity index (χ0n) is 16.6. The molecule has 2 aromatic heterocycles. The van der Waals surface area contributed by atoms with Crippen LogP contribution in [0.4, 0.5) is 0 Å². The molecular weight excluding hydrogens is 426 g/mol. The summed E-state index contributed by atoms with van der Waals surface area (Å²) in [6, 6.07) is 12.2. The Hall–Kier alpha value is -3.09. The molecule has 150 valence electrons. The predicted octanol–water partition coefficient (Wildman–Crippen LogP) is 5.36. The van der Waals surface area contributed by atoms with Crippen LogP contribution in [0.15, 0.2) is 36.4 Å². The molecule has 0 bridgehead atoms. The van der Waals surface area contributed by atoms with Crippen LogP contribution in [0.25, 0.3) is 31.0 Å². The fraction of sp³-hybridized carbons (Fsp3) is 0.160. The summed E-state index contributed by atoms with van der Waals surface area (Å²) in [4.78, 5) is 41.2. The molecule has 0 unspecified atom stereocenters. The van der Waals surface area contributed by atoms with Crippen molar-refractivity contribution >= 4 is 50.2 Å². The van der Waals surface area contributed by atoms with E-state index in [2.05, 4.69) is 12.1 Å². The molecule has 0 saturated heterocycles. The van der Waals surface area contributed by atoms with E-state index in [0.29, 0.717) is 19.4 Å². The lowest BCUT2D eigenvalue weighted by Crippen LogP contribution is -2.18. The maximum atomic E-state index is 12.7. The molecule has 3 aliphatic rings. The molecule has 0 spiro atoms. The lowest BCUT2D eigenvalue weighted by atomic mass is 9.85. The number of fused-ring (bicyclic) bond motifs is 5. The van der Waals surface area contributed by atoms with Gasteiger partial charge in [0, 0.05) is 53.4 Å². The Labute approximate surface area is 185 Å². The number of hydrogen-bond acceptors (Lipinski definition) is 5. The molecule has 31 heavy (non-hydrogen) atoms. The predicted molar refractivity (Wildman–Crippen MR) is 122 cm³/mol. The topological polar surface area (TPSA) is 54.5 Å². The minimum absolute atomic E-state index is 0.0867. The van der Waals surface area contributed by atoms with E-state index < -0.39 is 0 Å². The fourth-order valence-electron chi connectivity index (χ4n) is 4.89.